The zero-order valence-electron chi connectivity index (χ0n) is 15.6. The second-order valence-electron chi connectivity index (χ2n) is 7.37. The molecule has 3 nitrogen and oxygen atoms in total. The number of benzene rings is 2. The van der Waals surface area contributed by atoms with Crippen molar-refractivity contribution in [3.8, 4) is 0 Å². The molecule has 0 saturated carbocycles. The molecular formula is C22H29N3. The van der Waals surface area contributed by atoms with Gasteiger partial charge >= 0.3 is 0 Å². The van der Waals surface area contributed by atoms with Gasteiger partial charge in [-0.2, -0.15) is 0 Å². The number of hydrogen-bond donors (Lipinski definition) is 1. The van der Waals surface area contributed by atoms with E-state index in [1.54, 1.807) is 0 Å². The van der Waals surface area contributed by atoms with Gasteiger partial charge in [0.1, 0.15) is 0 Å². The predicted octanol–water partition coefficient (Wildman–Crippen LogP) is 4.74. The molecule has 1 aliphatic rings. The standard InChI is InChI=1S/C22H29N3/c1-17(2)15-21-16-23-22(24-20-7-5-4-6-8-20)25(21)14-13-19-11-9-18(3)10-12-19/h4-12,17,21H,13-16H2,1-3H3,(H,23,24)/t21-/m0/s1. The fourth-order valence-corrected chi connectivity index (χ4v) is 3.35. The first kappa shape index (κ1) is 17.5. The topological polar surface area (TPSA) is 27.6 Å². The number of guanidine groups is 1. The van der Waals surface area contributed by atoms with E-state index >= 15 is 0 Å². The van der Waals surface area contributed by atoms with Gasteiger partial charge in [-0.1, -0.05) is 61.9 Å². The predicted molar refractivity (Wildman–Crippen MR) is 107 cm³/mol. The molecule has 3 heteroatoms. The van der Waals surface area contributed by atoms with Crippen molar-refractivity contribution in [2.24, 2.45) is 10.9 Å². The summed E-state index contributed by atoms with van der Waals surface area (Å²) >= 11 is 0. The van der Waals surface area contributed by atoms with Gasteiger partial charge < -0.3 is 10.2 Å². The van der Waals surface area contributed by atoms with Crippen molar-refractivity contribution in [2.75, 3.05) is 18.4 Å². The van der Waals surface area contributed by atoms with Crippen molar-refractivity contribution in [1.29, 1.82) is 0 Å². The summed E-state index contributed by atoms with van der Waals surface area (Å²) in [7, 11) is 0. The lowest BCUT2D eigenvalue weighted by molar-refractivity contribution is 0.300. The molecule has 2 aromatic rings. The maximum atomic E-state index is 4.80. The van der Waals surface area contributed by atoms with Crippen LogP contribution in [0.15, 0.2) is 59.6 Å². The third kappa shape index (κ3) is 4.85. The molecule has 0 bridgehead atoms. The molecule has 0 unspecified atom stereocenters. The van der Waals surface area contributed by atoms with E-state index in [2.05, 4.69) is 79.5 Å². The molecule has 1 atom stereocenters. The first-order chi connectivity index (χ1) is 12.1. The van der Waals surface area contributed by atoms with Gasteiger partial charge in [0, 0.05) is 12.2 Å². The number of anilines is 1. The van der Waals surface area contributed by atoms with Crippen LogP contribution in [0.5, 0.6) is 0 Å². The quantitative estimate of drug-likeness (QED) is 0.826. The molecule has 0 saturated heterocycles. The zero-order valence-corrected chi connectivity index (χ0v) is 15.6. The molecule has 25 heavy (non-hydrogen) atoms. The highest BCUT2D eigenvalue weighted by molar-refractivity contribution is 5.95. The Morgan fingerprint density at radius 3 is 2.48 bits per heavy atom. The van der Waals surface area contributed by atoms with E-state index in [-0.39, 0.29) is 0 Å². The van der Waals surface area contributed by atoms with E-state index in [4.69, 9.17) is 4.99 Å². The Kier molecular flexibility index (Phi) is 5.75. The van der Waals surface area contributed by atoms with Gasteiger partial charge in [-0.3, -0.25) is 4.99 Å². The number of rotatable bonds is 6. The van der Waals surface area contributed by atoms with Crippen molar-refractivity contribution < 1.29 is 0 Å². The zero-order chi connectivity index (χ0) is 17.6. The maximum absolute atomic E-state index is 4.80. The highest BCUT2D eigenvalue weighted by atomic mass is 15.4. The molecule has 0 fully saturated rings. The van der Waals surface area contributed by atoms with Crippen molar-refractivity contribution in [3.05, 3.63) is 65.7 Å². The first-order valence-electron chi connectivity index (χ1n) is 9.30. The van der Waals surface area contributed by atoms with Gasteiger partial charge in [-0.05, 0) is 43.4 Å². The lowest BCUT2D eigenvalue weighted by Gasteiger charge is -2.29. The number of aliphatic imine (C=N–C) groups is 1. The Morgan fingerprint density at radius 1 is 1.08 bits per heavy atom. The first-order valence-corrected chi connectivity index (χ1v) is 9.30. The Bertz CT molecular complexity index is 689. The minimum absolute atomic E-state index is 0.497. The number of hydrogen-bond acceptors (Lipinski definition) is 3. The Balaban J connectivity index is 1.69. The van der Waals surface area contributed by atoms with Gasteiger partial charge in [-0.25, -0.2) is 0 Å². The number of nitrogens with one attached hydrogen (secondary N) is 1. The highest BCUT2D eigenvalue weighted by Crippen LogP contribution is 2.20. The van der Waals surface area contributed by atoms with E-state index in [0.29, 0.717) is 12.0 Å². The fourth-order valence-electron chi connectivity index (χ4n) is 3.35. The van der Waals surface area contributed by atoms with Crippen LogP contribution in [0.3, 0.4) is 0 Å². The Labute approximate surface area is 151 Å². The van der Waals surface area contributed by atoms with Gasteiger partial charge in [0.25, 0.3) is 0 Å². The summed E-state index contributed by atoms with van der Waals surface area (Å²) < 4.78 is 0. The lowest BCUT2D eigenvalue weighted by atomic mass is 10.0. The molecule has 0 spiro atoms. The monoisotopic (exact) mass is 335 g/mol. The van der Waals surface area contributed by atoms with E-state index in [0.717, 1.165) is 31.2 Å². The van der Waals surface area contributed by atoms with Crippen LogP contribution in [0.2, 0.25) is 0 Å². The van der Waals surface area contributed by atoms with Crippen LogP contribution in [-0.4, -0.2) is 30.0 Å². The smallest absolute Gasteiger partial charge is 0.198 e. The molecule has 3 rings (SSSR count). The average molecular weight is 335 g/mol. The SMILES string of the molecule is Cc1ccc(CCN2C(Nc3ccccc3)=NC[C@@H]2CC(C)C)cc1. The molecule has 1 heterocycles. The van der Waals surface area contributed by atoms with Crippen LogP contribution < -0.4 is 5.32 Å². The average Bonchev–Trinajstić information content (AvgIpc) is 2.96. The third-order valence-electron chi connectivity index (χ3n) is 4.70. The molecule has 1 aliphatic heterocycles. The minimum Gasteiger partial charge on any atom is -0.338 e. The van der Waals surface area contributed by atoms with Crippen LogP contribution in [-0.2, 0) is 6.42 Å². The molecular weight excluding hydrogens is 306 g/mol. The molecule has 0 amide bonds. The summed E-state index contributed by atoms with van der Waals surface area (Å²) in [4.78, 5) is 7.27. The largest absolute Gasteiger partial charge is 0.338 e. The molecule has 0 aliphatic carbocycles. The Hall–Kier alpha value is -2.29. The van der Waals surface area contributed by atoms with E-state index in [1.165, 1.54) is 17.5 Å². The number of nitrogens with zero attached hydrogens (tertiary/aromatic N) is 2. The number of para-hydroxylation sites is 1. The minimum atomic E-state index is 0.497. The van der Waals surface area contributed by atoms with Gasteiger partial charge in [0.15, 0.2) is 5.96 Å². The highest BCUT2D eigenvalue weighted by Gasteiger charge is 2.28. The van der Waals surface area contributed by atoms with E-state index in [9.17, 15) is 0 Å². The second kappa shape index (κ2) is 8.19. The molecule has 1 N–H and O–H groups in total. The molecule has 132 valence electrons. The van der Waals surface area contributed by atoms with Crippen LogP contribution in [0, 0.1) is 12.8 Å². The van der Waals surface area contributed by atoms with E-state index in [1.807, 2.05) is 6.07 Å². The molecule has 2 aromatic carbocycles. The Morgan fingerprint density at radius 2 is 1.80 bits per heavy atom. The maximum Gasteiger partial charge on any atom is 0.198 e. The van der Waals surface area contributed by atoms with Crippen LogP contribution in [0.25, 0.3) is 0 Å². The van der Waals surface area contributed by atoms with Gasteiger partial charge in [-0.15, -0.1) is 0 Å². The third-order valence-corrected chi connectivity index (χ3v) is 4.70. The summed E-state index contributed by atoms with van der Waals surface area (Å²) in [6.07, 6.45) is 2.22. The van der Waals surface area contributed by atoms with Crippen LogP contribution in [0.4, 0.5) is 5.69 Å². The molecule has 0 radical (unpaired) electrons. The van der Waals surface area contributed by atoms with Crippen LogP contribution in [0.1, 0.15) is 31.4 Å². The van der Waals surface area contributed by atoms with E-state index < -0.39 is 0 Å². The van der Waals surface area contributed by atoms with Crippen molar-refractivity contribution >= 4 is 11.6 Å². The van der Waals surface area contributed by atoms with Gasteiger partial charge in [0.05, 0.1) is 12.6 Å². The normalized spacial score (nSPS) is 17.0. The van der Waals surface area contributed by atoms with Crippen molar-refractivity contribution in [1.82, 2.24) is 4.90 Å². The molecule has 0 aromatic heterocycles. The van der Waals surface area contributed by atoms with Crippen molar-refractivity contribution in [2.45, 2.75) is 39.7 Å². The van der Waals surface area contributed by atoms with Gasteiger partial charge in [0.2, 0.25) is 0 Å². The van der Waals surface area contributed by atoms with Crippen molar-refractivity contribution in [3.63, 3.8) is 0 Å². The number of aryl methyl sites for hydroxylation is 1. The fraction of sp³-hybridized carbons (Fsp3) is 0.409. The lowest BCUT2D eigenvalue weighted by Crippen LogP contribution is -2.42. The summed E-state index contributed by atoms with van der Waals surface area (Å²) in [5, 5.41) is 3.52. The summed E-state index contributed by atoms with van der Waals surface area (Å²) in [5.74, 6) is 1.70. The van der Waals surface area contributed by atoms with Crippen LogP contribution >= 0.6 is 0 Å². The summed E-state index contributed by atoms with van der Waals surface area (Å²) in [5.41, 5.74) is 3.81. The second-order valence-corrected chi connectivity index (χ2v) is 7.37. The summed E-state index contributed by atoms with van der Waals surface area (Å²) in [6.45, 7) is 8.61. The summed E-state index contributed by atoms with van der Waals surface area (Å²) in [6, 6.07) is 19.7.